The normalized spacial score (nSPS) is 19.2. The number of benzene rings is 1. The molecular weight excluding hydrogens is 479 g/mol. The van der Waals surface area contributed by atoms with Gasteiger partial charge >= 0.3 is 5.97 Å². The first-order valence-electron chi connectivity index (χ1n) is 10.4. The van der Waals surface area contributed by atoms with Crippen molar-refractivity contribution in [2.24, 2.45) is 16.8 Å². The predicted molar refractivity (Wildman–Crippen MR) is 130 cm³/mol. The molecule has 1 aliphatic heterocycles. The lowest BCUT2D eigenvalue weighted by Gasteiger charge is -2.22. The van der Waals surface area contributed by atoms with E-state index in [2.05, 4.69) is 67.1 Å². The second-order valence-electron chi connectivity index (χ2n) is 7.41. The van der Waals surface area contributed by atoms with Crippen molar-refractivity contribution in [3.63, 3.8) is 0 Å². The van der Waals surface area contributed by atoms with Crippen LogP contribution in [0.3, 0.4) is 0 Å². The Morgan fingerprint density at radius 2 is 1.86 bits per heavy atom. The van der Waals surface area contributed by atoms with Gasteiger partial charge in [0, 0.05) is 26.2 Å². The Morgan fingerprint density at radius 3 is 2.45 bits per heavy atom. The number of methoxy groups -OCH3 is 1. The van der Waals surface area contributed by atoms with E-state index in [0.29, 0.717) is 13.1 Å². The number of carbonyl (C=O) groups excluding carboxylic acids is 1. The Kier molecular flexibility index (Phi) is 11.6. The third kappa shape index (κ3) is 7.13. The van der Waals surface area contributed by atoms with Crippen molar-refractivity contribution in [3.8, 4) is 0 Å². The summed E-state index contributed by atoms with van der Waals surface area (Å²) < 4.78 is 4.97. The van der Waals surface area contributed by atoms with E-state index in [1.165, 1.54) is 18.2 Å². The second kappa shape index (κ2) is 13.1. The SMILES string of the molecule is CCNC(=NCc1ccccc1CN(CC)CC)N1CC(C)C(C(=O)OC)C1.I. The fourth-order valence-electron chi connectivity index (χ4n) is 3.74. The Bertz CT molecular complexity index is 664. The quantitative estimate of drug-likeness (QED) is 0.249. The summed E-state index contributed by atoms with van der Waals surface area (Å²) in [6, 6.07) is 8.53. The van der Waals surface area contributed by atoms with Gasteiger partial charge in [-0.3, -0.25) is 9.69 Å². The minimum atomic E-state index is -0.129. The van der Waals surface area contributed by atoms with Crippen molar-refractivity contribution in [2.45, 2.75) is 40.8 Å². The number of carbonyl (C=O) groups is 1. The Hall–Kier alpha value is -1.35. The monoisotopic (exact) mass is 516 g/mol. The van der Waals surface area contributed by atoms with Gasteiger partial charge in [0.05, 0.1) is 19.6 Å². The molecule has 6 nitrogen and oxygen atoms in total. The number of halogens is 1. The fraction of sp³-hybridized carbons (Fsp3) is 0.636. The van der Waals surface area contributed by atoms with Crippen molar-refractivity contribution in [1.82, 2.24) is 15.1 Å². The van der Waals surface area contributed by atoms with Crippen LogP contribution in [-0.2, 0) is 22.6 Å². The Balaban J connectivity index is 0.00000420. The highest BCUT2D eigenvalue weighted by molar-refractivity contribution is 14.0. The number of ether oxygens (including phenoxy) is 1. The van der Waals surface area contributed by atoms with Gasteiger partial charge in [-0.2, -0.15) is 0 Å². The van der Waals surface area contributed by atoms with Crippen LogP contribution >= 0.6 is 24.0 Å². The highest BCUT2D eigenvalue weighted by Gasteiger charge is 2.36. The molecule has 1 heterocycles. The predicted octanol–water partition coefficient (Wildman–Crippen LogP) is 3.35. The van der Waals surface area contributed by atoms with E-state index in [-0.39, 0.29) is 41.8 Å². The molecule has 2 rings (SSSR count). The molecule has 2 atom stereocenters. The summed E-state index contributed by atoms with van der Waals surface area (Å²) in [6.45, 7) is 14.5. The second-order valence-corrected chi connectivity index (χ2v) is 7.41. The van der Waals surface area contributed by atoms with Crippen molar-refractivity contribution in [3.05, 3.63) is 35.4 Å². The minimum Gasteiger partial charge on any atom is -0.469 e. The number of likely N-dealkylation sites (tertiary alicyclic amines) is 1. The molecule has 1 aromatic rings. The van der Waals surface area contributed by atoms with Crippen LogP contribution in [0.15, 0.2) is 29.3 Å². The average molecular weight is 516 g/mol. The largest absolute Gasteiger partial charge is 0.469 e. The maximum atomic E-state index is 12.0. The van der Waals surface area contributed by atoms with Crippen LogP contribution in [0, 0.1) is 11.8 Å². The van der Waals surface area contributed by atoms with Crippen LogP contribution < -0.4 is 5.32 Å². The number of hydrogen-bond acceptors (Lipinski definition) is 4. The molecule has 2 unspecified atom stereocenters. The van der Waals surface area contributed by atoms with E-state index in [9.17, 15) is 4.79 Å². The molecule has 1 fully saturated rings. The fourth-order valence-corrected chi connectivity index (χ4v) is 3.74. The number of aliphatic imine (C=N–C) groups is 1. The number of guanidine groups is 1. The molecular formula is C22H37IN4O2. The number of esters is 1. The first-order chi connectivity index (χ1) is 13.5. The first-order valence-corrected chi connectivity index (χ1v) is 10.4. The van der Waals surface area contributed by atoms with Crippen molar-refractivity contribution >= 4 is 35.9 Å². The molecule has 7 heteroatoms. The molecule has 0 aromatic heterocycles. The number of nitrogens with zero attached hydrogens (tertiary/aromatic N) is 3. The zero-order chi connectivity index (χ0) is 20.5. The molecule has 1 aromatic carbocycles. The van der Waals surface area contributed by atoms with Gasteiger partial charge in [0.1, 0.15) is 0 Å². The van der Waals surface area contributed by atoms with E-state index in [1.807, 2.05) is 0 Å². The smallest absolute Gasteiger partial charge is 0.310 e. The number of hydrogen-bond donors (Lipinski definition) is 1. The van der Waals surface area contributed by atoms with Gasteiger partial charge in [-0.15, -0.1) is 24.0 Å². The third-order valence-corrected chi connectivity index (χ3v) is 5.56. The molecule has 0 saturated carbocycles. The summed E-state index contributed by atoms with van der Waals surface area (Å²) >= 11 is 0. The van der Waals surface area contributed by atoms with Gasteiger partial charge in [-0.1, -0.05) is 45.0 Å². The lowest BCUT2D eigenvalue weighted by Crippen LogP contribution is -2.40. The van der Waals surface area contributed by atoms with E-state index in [4.69, 9.17) is 9.73 Å². The lowest BCUT2D eigenvalue weighted by atomic mass is 9.99. The van der Waals surface area contributed by atoms with E-state index in [1.54, 1.807) is 0 Å². The van der Waals surface area contributed by atoms with Gasteiger partial charge in [0.15, 0.2) is 5.96 Å². The highest BCUT2D eigenvalue weighted by atomic mass is 127. The third-order valence-electron chi connectivity index (χ3n) is 5.56. The minimum absolute atomic E-state index is 0. The van der Waals surface area contributed by atoms with Crippen molar-refractivity contribution in [2.75, 3.05) is 39.8 Å². The summed E-state index contributed by atoms with van der Waals surface area (Å²) in [6.07, 6.45) is 0. The van der Waals surface area contributed by atoms with Gasteiger partial charge in [0.2, 0.25) is 0 Å². The Labute approximate surface area is 193 Å². The van der Waals surface area contributed by atoms with Crippen LogP contribution in [-0.4, -0.2) is 61.6 Å². The van der Waals surface area contributed by atoms with Crippen LogP contribution in [0.4, 0.5) is 0 Å². The molecule has 1 N–H and O–H groups in total. The van der Waals surface area contributed by atoms with E-state index < -0.39 is 0 Å². The van der Waals surface area contributed by atoms with Crippen LogP contribution in [0.5, 0.6) is 0 Å². The zero-order valence-electron chi connectivity index (χ0n) is 18.5. The van der Waals surface area contributed by atoms with E-state index in [0.717, 1.165) is 38.7 Å². The molecule has 1 aliphatic rings. The molecule has 164 valence electrons. The molecule has 0 bridgehead atoms. The summed E-state index contributed by atoms with van der Waals surface area (Å²) in [5.74, 6) is 0.906. The van der Waals surface area contributed by atoms with Crippen molar-refractivity contribution in [1.29, 1.82) is 0 Å². The molecule has 0 radical (unpaired) electrons. The van der Waals surface area contributed by atoms with Gasteiger partial charge < -0.3 is 15.0 Å². The molecule has 0 amide bonds. The van der Waals surface area contributed by atoms with Gasteiger partial charge in [-0.05, 0) is 37.1 Å². The molecule has 1 saturated heterocycles. The van der Waals surface area contributed by atoms with Gasteiger partial charge in [0.25, 0.3) is 0 Å². The standard InChI is InChI=1S/C22H36N4O2.HI/c1-6-23-22(26-14-17(4)20(16-26)21(27)28-5)24-13-18-11-9-10-12-19(18)15-25(7-2)8-3;/h9-12,17,20H,6-8,13-16H2,1-5H3,(H,23,24);1H. The summed E-state index contributed by atoms with van der Waals surface area (Å²) in [5, 5.41) is 3.39. The molecule has 29 heavy (non-hydrogen) atoms. The summed E-state index contributed by atoms with van der Waals surface area (Å²) in [5.41, 5.74) is 2.58. The Morgan fingerprint density at radius 1 is 1.21 bits per heavy atom. The number of nitrogens with one attached hydrogen (secondary N) is 1. The topological polar surface area (TPSA) is 57.2 Å². The summed E-state index contributed by atoms with van der Waals surface area (Å²) in [7, 11) is 1.46. The first kappa shape index (κ1) is 25.7. The summed E-state index contributed by atoms with van der Waals surface area (Å²) in [4.78, 5) is 21.5. The van der Waals surface area contributed by atoms with Crippen molar-refractivity contribution < 1.29 is 9.53 Å². The van der Waals surface area contributed by atoms with Crippen LogP contribution in [0.2, 0.25) is 0 Å². The zero-order valence-corrected chi connectivity index (χ0v) is 20.8. The maximum absolute atomic E-state index is 12.0. The van der Waals surface area contributed by atoms with Gasteiger partial charge in [-0.25, -0.2) is 4.99 Å². The highest BCUT2D eigenvalue weighted by Crippen LogP contribution is 2.24. The van der Waals surface area contributed by atoms with Crippen LogP contribution in [0.1, 0.15) is 38.8 Å². The van der Waals surface area contributed by atoms with E-state index >= 15 is 0 Å². The molecule has 0 aliphatic carbocycles. The lowest BCUT2D eigenvalue weighted by molar-refractivity contribution is -0.145. The average Bonchev–Trinajstić information content (AvgIpc) is 3.10. The van der Waals surface area contributed by atoms with Crippen LogP contribution in [0.25, 0.3) is 0 Å². The number of rotatable bonds is 8. The molecule has 0 spiro atoms. The maximum Gasteiger partial charge on any atom is 0.310 e.